The van der Waals surface area contributed by atoms with Gasteiger partial charge in [-0.05, 0) is 11.6 Å². The SMILES string of the molecule is COc1ccc(CC#N)c2nc(C)oc12. The van der Waals surface area contributed by atoms with E-state index in [0.717, 1.165) is 5.56 Å². The molecule has 0 aliphatic heterocycles. The van der Waals surface area contributed by atoms with E-state index in [0.29, 0.717) is 29.2 Å². The van der Waals surface area contributed by atoms with Crippen LogP contribution in [0.15, 0.2) is 16.5 Å². The molecule has 1 heterocycles. The van der Waals surface area contributed by atoms with Gasteiger partial charge < -0.3 is 9.15 Å². The number of nitriles is 1. The number of methoxy groups -OCH3 is 1. The number of fused-ring (bicyclic) bond motifs is 1. The fourth-order valence-electron chi connectivity index (χ4n) is 1.53. The topological polar surface area (TPSA) is 59.0 Å². The van der Waals surface area contributed by atoms with Gasteiger partial charge >= 0.3 is 0 Å². The summed E-state index contributed by atoms with van der Waals surface area (Å²) in [6, 6.07) is 5.73. The molecule has 0 spiro atoms. The summed E-state index contributed by atoms with van der Waals surface area (Å²) in [6.07, 6.45) is 0.326. The van der Waals surface area contributed by atoms with Crippen molar-refractivity contribution in [1.82, 2.24) is 4.98 Å². The molecule has 0 amide bonds. The van der Waals surface area contributed by atoms with Crippen molar-refractivity contribution in [3.05, 3.63) is 23.6 Å². The molecule has 0 saturated carbocycles. The summed E-state index contributed by atoms with van der Waals surface area (Å²) in [5, 5.41) is 8.67. The highest BCUT2D eigenvalue weighted by Gasteiger charge is 2.12. The third-order valence-corrected chi connectivity index (χ3v) is 2.19. The number of nitrogens with zero attached hydrogens (tertiary/aromatic N) is 2. The Labute approximate surface area is 87.1 Å². The van der Waals surface area contributed by atoms with E-state index in [9.17, 15) is 0 Å². The van der Waals surface area contributed by atoms with Crippen molar-refractivity contribution in [3.8, 4) is 11.8 Å². The van der Waals surface area contributed by atoms with E-state index in [1.165, 1.54) is 0 Å². The van der Waals surface area contributed by atoms with E-state index in [2.05, 4.69) is 11.1 Å². The molecule has 0 fully saturated rings. The first kappa shape index (κ1) is 9.53. The molecular weight excluding hydrogens is 192 g/mol. The minimum Gasteiger partial charge on any atom is -0.493 e. The van der Waals surface area contributed by atoms with Crippen LogP contribution in [0, 0.1) is 18.3 Å². The molecule has 2 rings (SSSR count). The summed E-state index contributed by atoms with van der Waals surface area (Å²) in [7, 11) is 1.58. The molecule has 4 nitrogen and oxygen atoms in total. The highest BCUT2D eigenvalue weighted by Crippen LogP contribution is 2.29. The van der Waals surface area contributed by atoms with Crippen molar-refractivity contribution in [1.29, 1.82) is 5.26 Å². The van der Waals surface area contributed by atoms with E-state index in [4.69, 9.17) is 14.4 Å². The Balaban J connectivity index is 2.72. The van der Waals surface area contributed by atoms with Crippen molar-refractivity contribution in [2.45, 2.75) is 13.3 Å². The Bertz CT molecular complexity index is 537. The molecule has 15 heavy (non-hydrogen) atoms. The number of aromatic nitrogens is 1. The summed E-state index contributed by atoms with van der Waals surface area (Å²) < 4.78 is 10.6. The van der Waals surface area contributed by atoms with Gasteiger partial charge in [0.25, 0.3) is 0 Å². The molecule has 0 bridgehead atoms. The lowest BCUT2D eigenvalue weighted by molar-refractivity contribution is 0.408. The number of aryl methyl sites for hydroxylation is 1. The summed E-state index contributed by atoms with van der Waals surface area (Å²) in [4.78, 5) is 4.24. The lowest BCUT2D eigenvalue weighted by Crippen LogP contribution is -1.88. The first-order valence-corrected chi connectivity index (χ1v) is 4.56. The molecular formula is C11H10N2O2. The number of hydrogen-bond donors (Lipinski definition) is 0. The average Bonchev–Trinajstić information content (AvgIpc) is 2.61. The monoisotopic (exact) mass is 202 g/mol. The van der Waals surface area contributed by atoms with E-state index in [-0.39, 0.29) is 0 Å². The molecule has 2 aromatic rings. The second-order valence-corrected chi connectivity index (χ2v) is 3.17. The highest BCUT2D eigenvalue weighted by atomic mass is 16.5. The number of rotatable bonds is 2. The fraction of sp³-hybridized carbons (Fsp3) is 0.273. The van der Waals surface area contributed by atoms with Crippen molar-refractivity contribution in [2.24, 2.45) is 0 Å². The maximum Gasteiger partial charge on any atom is 0.196 e. The second kappa shape index (κ2) is 3.62. The smallest absolute Gasteiger partial charge is 0.196 e. The minimum absolute atomic E-state index is 0.326. The van der Waals surface area contributed by atoms with E-state index < -0.39 is 0 Å². The number of ether oxygens (including phenoxy) is 1. The van der Waals surface area contributed by atoms with Crippen LogP contribution in [-0.4, -0.2) is 12.1 Å². The Kier molecular flexibility index (Phi) is 2.30. The third kappa shape index (κ3) is 1.52. The minimum atomic E-state index is 0.326. The van der Waals surface area contributed by atoms with Crippen LogP contribution < -0.4 is 4.74 Å². The summed E-state index contributed by atoms with van der Waals surface area (Å²) in [5.74, 6) is 1.22. The molecule has 76 valence electrons. The summed E-state index contributed by atoms with van der Waals surface area (Å²) >= 11 is 0. The Morgan fingerprint density at radius 2 is 2.33 bits per heavy atom. The molecule has 0 saturated heterocycles. The van der Waals surface area contributed by atoms with Gasteiger partial charge in [0.2, 0.25) is 0 Å². The van der Waals surface area contributed by atoms with E-state index in [1.54, 1.807) is 20.1 Å². The van der Waals surface area contributed by atoms with Crippen LogP contribution in [0.25, 0.3) is 11.1 Å². The zero-order chi connectivity index (χ0) is 10.8. The highest BCUT2D eigenvalue weighted by molar-refractivity contribution is 5.83. The molecule has 1 aromatic heterocycles. The largest absolute Gasteiger partial charge is 0.493 e. The number of benzene rings is 1. The fourth-order valence-corrected chi connectivity index (χ4v) is 1.53. The summed E-state index contributed by atoms with van der Waals surface area (Å²) in [6.45, 7) is 1.77. The van der Waals surface area contributed by atoms with Gasteiger partial charge in [0.15, 0.2) is 17.2 Å². The van der Waals surface area contributed by atoms with Gasteiger partial charge in [-0.2, -0.15) is 5.26 Å². The zero-order valence-corrected chi connectivity index (χ0v) is 8.57. The maximum atomic E-state index is 8.67. The standard InChI is InChI=1S/C11H10N2O2/c1-7-13-10-8(5-6-12)3-4-9(14-2)11(10)15-7/h3-4H,5H2,1-2H3. The van der Waals surface area contributed by atoms with Gasteiger partial charge in [0, 0.05) is 6.92 Å². The second-order valence-electron chi connectivity index (χ2n) is 3.17. The molecule has 0 radical (unpaired) electrons. The molecule has 0 atom stereocenters. The van der Waals surface area contributed by atoms with Gasteiger partial charge in [-0.1, -0.05) is 6.07 Å². The molecule has 0 aliphatic rings. The van der Waals surface area contributed by atoms with Gasteiger partial charge in [-0.25, -0.2) is 4.98 Å². The van der Waals surface area contributed by atoms with Crippen LogP contribution in [0.1, 0.15) is 11.5 Å². The summed E-state index contributed by atoms with van der Waals surface area (Å²) in [5.41, 5.74) is 2.20. The quantitative estimate of drug-likeness (QED) is 0.749. The molecule has 1 aromatic carbocycles. The van der Waals surface area contributed by atoms with E-state index in [1.807, 2.05) is 6.07 Å². The molecule has 0 unspecified atom stereocenters. The number of oxazole rings is 1. The van der Waals surface area contributed by atoms with Crippen LogP contribution >= 0.6 is 0 Å². The Morgan fingerprint density at radius 3 is 3.00 bits per heavy atom. The molecule has 0 aliphatic carbocycles. The van der Waals surface area contributed by atoms with Gasteiger partial charge in [-0.15, -0.1) is 0 Å². The van der Waals surface area contributed by atoms with Crippen molar-refractivity contribution in [2.75, 3.05) is 7.11 Å². The third-order valence-electron chi connectivity index (χ3n) is 2.19. The first-order chi connectivity index (χ1) is 7.26. The zero-order valence-electron chi connectivity index (χ0n) is 8.57. The maximum absolute atomic E-state index is 8.67. The number of hydrogen-bond acceptors (Lipinski definition) is 4. The Morgan fingerprint density at radius 1 is 1.53 bits per heavy atom. The van der Waals surface area contributed by atoms with Gasteiger partial charge in [0.1, 0.15) is 5.52 Å². The normalized spacial score (nSPS) is 10.2. The van der Waals surface area contributed by atoms with Crippen LogP contribution in [0.4, 0.5) is 0 Å². The van der Waals surface area contributed by atoms with Crippen molar-refractivity contribution in [3.63, 3.8) is 0 Å². The van der Waals surface area contributed by atoms with E-state index >= 15 is 0 Å². The Hall–Kier alpha value is -2.02. The van der Waals surface area contributed by atoms with Crippen LogP contribution in [0.5, 0.6) is 5.75 Å². The van der Waals surface area contributed by atoms with Crippen LogP contribution in [0.3, 0.4) is 0 Å². The lowest BCUT2D eigenvalue weighted by atomic mass is 10.1. The molecule has 0 N–H and O–H groups in total. The predicted molar refractivity (Wildman–Crippen MR) is 54.6 cm³/mol. The average molecular weight is 202 g/mol. The molecule has 4 heteroatoms. The van der Waals surface area contributed by atoms with Crippen molar-refractivity contribution < 1.29 is 9.15 Å². The predicted octanol–water partition coefficient (Wildman–Crippen LogP) is 2.21. The van der Waals surface area contributed by atoms with Gasteiger partial charge in [0.05, 0.1) is 19.6 Å². The van der Waals surface area contributed by atoms with Crippen LogP contribution in [0.2, 0.25) is 0 Å². The lowest BCUT2D eigenvalue weighted by Gasteiger charge is -2.01. The van der Waals surface area contributed by atoms with Gasteiger partial charge in [-0.3, -0.25) is 0 Å². The van der Waals surface area contributed by atoms with Crippen molar-refractivity contribution >= 4 is 11.1 Å². The van der Waals surface area contributed by atoms with Crippen LogP contribution in [-0.2, 0) is 6.42 Å². The first-order valence-electron chi connectivity index (χ1n) is 4.56.